The van der Waals surface area contributed by atoms with Crippen molar-refractivity contribution in [2.75, 3.05) is 27.3 Å². The first-order chi connectivity index (χ1) is 7.56. The van der Waals surface area contributed by atoms with Crippen LogP contribution in [0.1, 0.15) is 26.2 Å². The fourth-order valence-corrected chi connectivity index (χ4v) is 2.12. The molecule has 0 amide bonds. The maximum Gasteiger partial charge on any atom is 0.304 e. The molecule has 1 rings (SSSR count). The zero-order chi connectivity index (χ0) is 12.2. The van der Waals surface area contributed by atoms with Crippen LogP contribution in [0.2, 0.25) is 0 Å². The molecule has 1 unspecified atom stereocenters. The molecule has 1 fully saturated rings. The van der Waals surface area contributed by atoms with Gasteiger partial charge in [-0.15, -0.1) is 0 Å². The minimum atomic E-state index is -0.745. The van der Waals surface area contributed by atoms with Gasteiger partial charge in [-0.1, -0.05) is 13.3 Å². The van der Waals surface area contributed by atoms with E-state index in [-0.39, 0.29) is 12.5 Å². The number of ether oxygens (including phenoxy) is 2. The lowest BCUT2D eigenvalue weighted by atomic mass is 9.98. The number of carboxylic acid groups (broad SMARTS) is 1. The number of hydrogen-bond donors (Lipinski definition) is 1. The van der Waals surface area contributed by atoms with Crippen LogP contribution >= 0.6 is 0 Å². The number of nitrogens with zero attached hydrogens (tertiary/aromatic N) is 1. The summed E-state index contributed by atoms with van der Waals surface area (Å²) in [5.41, 5.74) is 0. The van der Waals surface area contributed by atoms with Crippen LogP contribution < -0.4 is 0 Å². The summed E-state index contributed by atoms with van der Waals surface area (Å²) in [6.07, 6.45) is 2.08. The fourth-order valence-electron chi connectivity index (χ4n) is 2.12. The normalized spacial score (nSPS) is 21.4. The molecule has 1 saturated heterocycles. The third kappa shape index (κ3) is 2.93. The van der Waals surface area contributed by atoms with Crippen molar-refractivity contribution in [3.05, 3.63) is 0 Å². The molecular formula is C11H21NO4. The molecule has 1 aliphatic heterocycles. The molecule has 5 nitrogen and oxygen atoms in total. The third-order valence-electron chi connectivity index (χ3n) is 3.18. The molecule has 0 bridgehead atoms. The van der Waals surface area contributed by atoms with Gasteiger partial charge >= 0.3 is 5.97 Å². The van der Waals surface area contributed by atoms with Gasteiger partial charge in [0.25, 0.3) is 0 Å². The Morgan fingerprint density at radius 2 is 2.00 bits per heavy atom. The Kier molecular flexibility index (Phi) is 4.70. The van der Waals surface area contributed by atoms with Crippen molar-refractivity contribution in [1.29, 1.82) is 0 Å². The highest BCUT2D eigenvalue weighted by molar-refractivity contribution is 5.67. The minimum Gasteiger partial charge on any atom is -0.481 e. The Morgan fingerprint density at radius 3 is 2.38 bits per heavy atom. The van der Waals surface area contributed by atoms with Crippen LogP contribution in [-0.2, 0) is 14.3 Å². The summed E-state index contributed by atoms with van der Waals surface area (Å²) in [4.78, 5) is 12.9. The zero-order valence-corrected chi connectivity index (χ0v) is 10.2. The third-order valence-corrected chi connectivity index (χ3v) is 3.18. The summed E-state index contributed by atoms with van der Waals surface area (Å²) < 4.78 is 10.6. The monoisotopic (exact) mass is 231 g/mol. The minimum absolute atomic E-state index is 0.0981. The summed E-state index contributed by atoms with van der Waals surface area (Å²) in [5.74, 6) is -1.27. The maximum atomic E-state index is 10.7. The summed E-state index contributed by atoms with van der Waals surface area (Å²) in [6.45, 7) is 3.37. The largest absolute Gasteiger partial charge is 0.481 e. The van der Waals surface area contributed by atoms with Crippen molar-refractivity contribution in [3.63, 3.8) is 0 Å². The Balaban J connectivity index is 2.47. The number of aliphatic carboxylic acids is 1. The van der Waals surface area contributed by atoms with Gasteiger partial charge in [0.15, 0.2) is 5.79 Å². The fraction of sp³-hybridized carbons (Fsp3) is 0.909. The number of carbonyl (C=O) groups is 1. The first-order valence-electron chi connectivity index (χ1n) is 5.63. The van der Waals surface area contributed by atoms with Crippen LogP contribution in [0.25, 0.3) is 0 Å². The Morgan fingerprint density at radius 1 is 1.44 bits per heavy atom. The highest BCUT2D eigenvalue weighted by Crippen LogP contribution is 2.29. The van der Waals surface area contributed by atoms with E-state index in [0.29, 0.717) is 13.1 Å². The van der Waals surface area contributed by atoms with Gasteiger partial charge in [0, 0.05) is 20.3 Å². The van der Waals surface area contributed by atoms with Gasteiger partial charge in [-0.05, 0) is 6.42 Å². The van der Waals surface area contributed by atoms with Gasteiger partial charge in [0.2, 0.25) is 0 Å². The Hall–Kier alpha value is -0.650. The van der Waals surface area contributed by atoms with E-state index in [1.807, 2.05) is 0 Å². The Labute approximate surface area is 96.3 Å². The summed E-state index contributed by atoms with van der Waals surface area (Å²) in [6, 6.07) is 0.0981. The van der Waals surface area contributed by atoms with Crippen molar-refractivity contribution in [1.82, 2.24) is 4.90 Å². The van der Waals surface area contributed by atoms with E-state index in [9.17, 15) is 4.79 Å². The SMILES string of the molecule is CCCC(CC(=O)O)N1CC(OC)(OC)C1. The second-order valence-corrected chi connectivity index (χ2v) is 4.26. The van der Waals surface area contributed by atoms with E-state index >= 15 is 0 Å². The molecule has 94 valence electrons. The molecule has 0 aromatic rings. The molecule has 16 heavy (non-hydrogen) atoms. The predicted octanol–water partition coefficient (Wildman–Crippen LogP) is 0.934. The molecule has 1 heterocycles. The van der Waals surface area contributed by atoms with Gasteiger partial charge in [-0.3, -0.25) is 9.69 Å². The molecule has 1 aliphatic rings. The standard InChI is InChI=1S/C11H21NO4/c1-4-5-9(6-10(13)14)12-7-11(8-12,15-2)16-3/h9H,4-8H2,1-3H3,(H,13,14). The highest BCUT2D eigenvalue weighted by atomic mass is 16.7. The zero-order valence-electron chi connectivity index (χ0n) is 10.2. The van der Waals surface area contributed by atoms with E-state index in [1.165, 1.54) is 0 Å². The number of methoxy groups -OCH3 is 2. The molecule has 0 aromatic carbocycles. The van der Waals surface area contributed by atoms with E-state index in [0.717, 1.165) is 12.8 Å². The summed E-state index contributed by atoms with van der Waals surface area (Å²) >= 11 is 0. The lowest BCUT2D eigenvalue weighted by molar-refractivity contribution is -0.282. The van der Waals surface area contributed by atoms with Gasteiger partial charge in [-0.2, -0.15) is 0 Å². The van der Waals surface area contributed by atoms with Crippen LogP contribution in [0.4, 0.5) is 0 Å². The predicted molar refractivity (Wildman–Crippen MR) is 59.3 cm³/mol. The lowest BCUT2D eigenvalue weighted by Crippen LogP contribution is -2.66. The lowest BCUT2D eigenvalue weighted by Gasteiger charge is -2.50. The molecule has 0 spiro atoms. The van der Waals surface area contributed by atoms with Crippen LogP contribution in [0.5, 0.6) is 0 Å². The molecule has 0 aliphatic carbocycles. The molecule has 1 atom stereocenters. The molecule has 0 radical (unpaired) electrons. The van der Waals surface area contributed by atoms with Crippen LogP contribution in [0.15, 0.2) is 0 Å². The van der Waals surface area contributed by atoms with Crippen LogP contribution in [-0.4, -0.2) is 55.1 Å². The molecule has 5 heteroatoms. The van der Waals surface area contributed by atoms with E-state index in [2.05, 4.69) is 11.8 Å². The maximum absolute atomic E-state index is 10.7. The van der Waals surface area contributed by atoms with Gasteiger partial charge in [0.1, 0.15) is 0 Å². The number of rotatable bonds is 7. The van der Waals surface area contributed by atoms with Gasteiger partial charge < -0.3 is 14.6 Å². The number of hydrogen-bond acceptors (Lipinski definition) is 4. The average molecular weight is 231 g/mol. The molecule has 0 saturated carbocycles. The summed E-state index contributed by atoms with van der Waals surface area (Å²) in [7, 11) is 3.24. The molecule has 0 aromatic heterocycles. The summed E-state index contributed by atoms with van der Waals surface area (Å²) in [5, 5.41) is 8.83. The van der Waals surface area contributed by atoms with Crippen molar-refractivity contribution < 1.29 is 19.4 Å². The topological polar surface area (TPSA) is 59.0 Å². The smallest absolute Gasteiger partial charge is 0.304 e. The molecule has 1 N–H and O–H groups in total. The first-order valence-corrected chi connectivity index (χ1v) is 5.63. The van der Waals surface area contributed by atoms with Crippen molar-refractivity contribution in [3.8, 4) is 0 Å². The molecular weight excluding hydrogens is 210 g/mol. The Bertz CT molecular complexity index is 232. The second kappa shape index (κ2) is 5.61. The van der Waals surface area contributed by atoms with Crippen molar-refractivity contribution in [2.45, 2.75) is 38.0 Å². The first kappa shape index (κ1) is 13.4. The van der Waals surface area contributed by atoms with Crippen molar-refractivity contribution >= 4 is 5.97 Å². The number of likely N-dealkylation sites (tertiary alicyclic amines) is 1. The van der Waals surface area contributed by atoms with Crippen LogP contribution in [0, 0.1) is 0 Å². The average Bonchev–Trinajstić information content (AvgIpc) is 2.17. The van der Waals surface area contributed by atoms with Crippen molar-refractivity contribution in [2.24, 2.45) is 0 Å². The highest BCUT2D eigenvalue weighted by Gasteiger charge is 2.46. The quantitative estimate of drug-likeness (QED) is 0.661. The second-order valence-electron chi connectivity index (χ2n) is 4.26. The van der Waals surface area contributed by atoms with Gasteiger partial charge in [0.05, 0.1) is 19.5 Å². The van der Waals surface area contributed by atoms with E-state index < -0.39 is 11.8 Å². The van der Waals surface area contributed by atoms with Gasteiger partial charge in [-0.25, -0.2) is 0 Å². The number of carboxylic acids is 1. The van der Waals surface area contributed by atoms with E-state index in [1.54, 1.807) is 14.2 Å². The van der Waals surface area contributed by atoms with Crippen LogP contribution in [0.3, 0.4) is 0 Å². The van der Waals surface area contributed by atoms with E-state index in [4.69, 9.17) is 14.6 Å².